The van der Waals surface area contributed by atoms with E-state index in [1.807, 2.05) is 13.8 Å². The van der Waals surface area contributed by atoms with Crippen LogP contribution in [0, 0.1) is 34.6 Å². The second-order valence-corrected chi connectivity index (χ2v) is 4.97. The van der Waals surface area contributed by atoms with E-state index in [0.29, 0.717) is 0 Å². The summed E-state index contributed by atoms with van der Waals surface area (Å²) in [6, 6.07) is 4.10. The molecule has 0 aliphatic heterocycles. The number of hydrogen-bond donors (Lipinski definition) is 0. The van der Waals surface area contributed by atoms with E-state index in [1.165, 1.54) is 16.7 Å². The van der Waals surface area contributed by atoms with Crippen molar-refractivity contribution in [2.75, 3.05) is 7.11 Å². The van der Waals surface area contributed by atoms with Crippen LogP contribution < -0.4 is 4.74 Å². The second-order valence-electron chi connectivity index (χ2n) is 4.97. The third kappa shape index (κ3) is 2.46. The molecule has 100 valence electrons. The van der Waals surface area contributed by atoms with Gasteiger partial charge in [-0.05, 0) is 63.4 Å². The van der Waals surface area contributed by atoms with Crippen molar-refractivity contribution in [2.24, 2.45) is 0 Å². The second kappa shape index (κ2) is 5.00. The molecular weight excluding hydrogens is 236 g/mol. The molecule has 0 atom stereocenters. The van der Waals surface area contributed by atoms with Crippen LogP contribution in [-0.4, -0.2) is 17.1 Å². The third-order valence-electron chi connectivity index (χ3n) is 3.48. The highest BCUT2D eigenvalue weighted by Gasteiger charge is 2.14. The summed E-state index contributed by atoms with van der Waals surface area (Å²) in [4.78, 5) is 9.05. The highest BCUT2D eigenvalue weighted by atomic mass is 16.5. The van der Waals surface area contributed by atoms with Gasteiger partial charge < -0.3 is 4.74 Å². The van der Waals surface area contributed by atoms with Crippen molar-refractivity contribution in [3.63, 3.8) is 0 Å². The van der Waals surface area contributed by atoms with Crippen molar-refractivity contribution in [1.29, 1.82) is 0 Å². The van der Waals surface area contributed by atoms with Crippen molar-refractivity contribution >= 4 is 0 Å². The van der Waals surface area contributed by atoms with Crippen LogP contribution in [0.15, 0.2) is 12.1 Å². The number of nitrogens with zero attached hydrogens (tertiary/aromatic N) is 2. The molecule has 1 aromatic carbocycles. The van der Waals surface area contributed by atoms with Gasteiger partial charge in [-0.1, -0.05) is 0 Å². The number of aromatic nitrogens is 2. The van der Waals surface area contributed by atoms with Crippen molar-refractivity contribution in [3.8, 4) is 17.0 Å². The van der Waals surface area contributed by atoms with Crippen LogP contribution in [0.3, 0.4) is 0 Å². The number of rotatable bonds is 2. The van der Waals surface area contributed by atoms with Crippen LogP contribution in [0.2, 0.25) is 0 Å². The summed E-state index contributed by atoms with van der Waals surface area (Å²) in [6.07, 6.45) is 0. The highest BCUT2D eigenvalue weighted by molar-refractivity contribution is 5.71. The van der Waals surface area contributed by atoms with Crippen LogP contribution in [0.1, 0.15) is 28.2 Å². The molecule has 0 N–H and O–H groups in total. The molecule has 0 amide bonds. The lowest BCUT2D eigenvalue weighted by atomic mass is 9.96. The molecule has 0 bridgehead atoms. The Labute approximate surface area is 114 Å². The molecule has 19 heavy (non-hydrogen) atoms. The van der Waals surface area contributed by atoms with E-state index in [9.17, 15) is 0 Å². The monoisotopic (exact) mass is 256 g/mol. The number of aryl methyl sites for hydroxylation is 4. The molecule has 3 heteroatoms. The Hall–Kier alpha value is -1.90. The summed E-state index contributed by atoms with van der Waals surface area (Å²) in [5.41, 5.74) is 6.75. The van der Waals surface area contributed by atoms with Gasteiger partial charge in [-0.25, -0.2) is 9.97 Å². The molecule has 1 aromatic heterocycles. The standard InChI is InChI=1S/C16H20N2O/c1-9-7-14(19-6)8-10(2)15(9)16-11(3)12(4)17-13(5)18-16/h7-8H,1-6H3. The van der Waals surface area contributed by atoms with Gasteiger partial charge in [0.25, 0.3) is 0 Å². The normalized spacial score (nSPS) is 10.6. The van der Waals surface area contributed by atoms with Crippen LogP contribution in [0.5, 0.6) is 5.75 Å². The zero-order chi connectivity index (χ0) is 14.2. The number of ether oxygens (including phenoxy) is 1. The highest BCUT2D eigenvalue weighted by Crippen LogP contribution is 2.32. The van der Waals surface area contributed by atoms with Gasteiger partial charge in [0.15, 0.2) is 0 Å². The molecule has 2 aromatic rings. The molecule has 0 aliphatic rings. The van der Waals surface area contributed by atoms with E-state index < -0.39 is 0 Å². The Balaban J connectivity index is 2.72. The minimum Gasteiger partial charge on any atom is -0.497 e. The van der Waals surface area contributed by atoms with Crippen molar-refractivity contribution in [3.05, 3.63) is 40.3 Å². The van der Waals surface area contributed by atoms with E-state index >= 15 is 0 Å². The van der Waals surface area contributed by atoms with Crippen molar-refractivity contribution in [1.82, 2.24) is 9.97 Å². The quantitative estimate of drug-likeness (QED) is 0.822. The topological polar surface area (TPSA) is 35.0 Å². The van der Waals surface area contributed by atoms with Gasteiger partial charge in [0.2, 0.25) is 0 Å². The Morgan fingerprint density at radius 1 is 0.895 bits per heavy atom. The van der Waals surface area contributed by atoms with Gasteiger partial charge in [0.1, 0.15) is 11.6 Å². The summed E-state index contributed by atoms with van der Waals surface area (Å²) in [7, 11) is 1.69. The zero-order valence-corrected chi connectivity index (χ0v) is 12.5. The van der Waals surface area contributed by atoms with Crippen LogP contribution in [0.4, 0.5) is 0 Å². The molecular formula is C16H20N2O. The van der Waals surface area contributed by atoms with E-state index in [1.54, 1.807) is 7.11 Å². The molecule has 3 nitrogen and oxygen atoms in total. The smallest absolute Gasteiger partial charge is 0.126 e. The first-order valence-electron chi connectivity index (χ1n) is 6.41. The van der Waals surface area contributed by atoms with E-state index in [-0.39, 0.29) is 0 Å². The largest absolute Gasteiger partial charge is 0.497 e. The molecule has 1 heterocycles. The van der Waals surface area contributed by atoms with Crippen LogP contribution in [0.25, 0.3) is 11.3 Å². The first kappa shape index (κ1) is 13.5. The van der Waals surface area contributed by atoms with Gasteiger partial charge in [-0.2, -0.15) is 0 Å². The Morgan fingerprint density at radius 2 is 1.47 bits per heavy atom. The summed E-state index contributed by atoms with van der Waals surface area (Å²) in [5, 5.41) is 0. The molecule has 0 unspecified atom stereocenters. The fourth-order valence-corrected chi connectivity index (χ4v) is 2.43. The molecule has 0 saturated heterocycles. The third-order valence-corrected chi connectivity index (χ3v) is 3.48. The van der Waals surface area contributed by atoms with Crippen LogP contribution in [-0.2, 0) is 0 Å². The summed E-state index contributed by atoms with van der Waals surface area (Å²) < 4.78 is 5.31. The Morgan fingerprint density at radius 3 is 2.00 bits per heavy atom. The SMILES string of the molecule is COc1cc(C)c(-c2nc(C)nc(C)c2C)c(C)c1. The number of benzene rings is 1. The van der Waals surface area contributed by atoms with Crippen molar-refractivity contribution in [2.45, 2.75) is 34.6 Å². The number of hydrogen-bond acceptors (Lipinski definition) is 3. The maximum Gasteiger partial charge on any atom is 0.126 e. The van der Waals surface area contributed by atoms with E-state index in [2.05, 4.69) is 42.9 Å². The molecule has 2 rings (SSSR count). The lowest BCUT2D eigenvalue weighted by Crippen LogP contribution is -2.02. The van der Waals surface area contributed by atoms with Crippen molar-refractivity contribution < 1.29 is 4.74 Å². The lowest BCUT2D eigenvalue weighted by Gasteiger charge is -2.15. The van der Waals surface area contributed by atoms with Crippen LogP contribution >= 0.6 is 0 Å². The molecule has 0 fully saturated rings. The van der Waals surface area contributed by atoms with E-state index in [0.717, 1.165) is 28.5 Å². The predicted octanol–water partition coefficient (Wildman–Crippen LogP) is 3.69. The molecule has 0 spiro atoms. The van der Waals surface area contributed by atoms with Gasteiger partial charge >= 0.3 is 0 Å². The number of methoxy groups -OCH3 is 1. The average molecular weight is 256 g/mol. The Kier molecular flexibility index (Phi) is 3.56. The predicted molar refractivity (Wildman–Crippen MR) is 77.7 cm³/mol. The first-order valence-corrected chi connectivity index (χ1v) is 6.41. The molecule has 0 aliphatic carbocycles. The molecule has 0 radical (unpaired) electrons. The molecule has 0 saturated carbocycles. The van der Waals surface area contributed by atoms with Gasteiger partial charge in [0.05, 0.1) is 12.8 Å². The lowest BCUT2D eigenvalue weighted by molar-refractivity contribution is 0.414. The Bertz CT molecular complexity index is 610. The minimum atomic E-state index is 0.813. The summed E-state index contributed by atoms with van der Waals surface area (Å²) >= 11 is 0. The fourth-order valence-electron chi connectivity index (χ4n) is 2.43. The minimum absolute atomic E-state index is 0.813. The fraction of sp³-hybridized carbons (Fsp3) is 0.375. The first-order chi connectivity index (χ1) is 8.93. The maximum atomic E-state index is 5.31. The summed E-state index contributed by atoms with van der Waals surface area (Å²) in [5.74, 6) is 1.70. The van der Waals surface area contributed by atoms with Gasteiger partial charge in [-0.15, -0.1) is 0 Å². The summed E-state index contributed by atoms with van der Waals surface area (Å²) in [6.45, 7) is 10.2. The van der Waals surface area contributed by atoms with E-state index in [4.69, 9.17) is 4.74 Å². The van der Waals surface area contributed by atoms with Gasteiger partial charge in [0, 0.05) is 11.3 Å². The maximum absolute atomic E-state index is 5.31. The average Bonchev–Trinajstić information content (AvgIpc) is 2.34. The van der Waals surface area contributed by atoms with Gasteiger partial charge in [-0.3, -0.25) is 0 Å². The zero-order valence-electron chi connectivity index (χ0n) is 12.5.